The van der Waals surface area contributed by atoms with Gasteiger partial charge in [-0.25, -0.2) is 4.79 Å². The van der Waals surface area contributed by atoms with Gasteiger partial charge in [-0.3, -0.25) is 0 Å². The molecule has 2 unspecified atom stereocenters. The molecule has 154 valence electrons. The third kappa shape index (κ3) is 4.20. The van der Waals surface area contributed by atoms with Crippen molar-refractivity contribution in [1.82, 2.24) is 0 Å². The molecule has 0 amide bonds. The first-order chi connectivity index (χ1) is 13.3. The van der Waals surface area contributed by atoms with E-state index in [1.54, 1.807) is 23.3 Å². The van der Waals surface area contributed by atoms with Crippen LogP contribution in [0.25, 0.3) is 0 Å². The molecular weight excluding hydrogens is 348 g/mol. The Bertz CT molecular complexity index is 735. The summed E-state index contributed by atoms with van der Waals surface area (Å²) in [6.07, 6.45) is 15.8. The lowest BCUT2D eigenvalue weighted by Gasteiger charge is -2.55. The summed E-state index contributed by atoms with van der Waals surface area (Å²) in [5, 5.41) is 9.82. The number of fused-ring (bicyclic) bond motifs is 1. The van der Waals surface area contributed by atoms with E-state index >= 15 is 0 Å². The predicted octanol–water partition coefficient (Wildman–Crippen LogP) is 5.67. The molecule has 3 aliphatic rings. The van der Waals surface area contributed by atoms with E-state index in [0.717, 1.165) is 24.3 Å². The van der Waals surface area contributed by atoms with E-state index in [9.17, 15) is 9.90 Å². The third-order valence-electron chi connectivity index (χ3n) is 7.50. The van der Waals surface area contributed by atoms with Crippen LogP contribution in [0.4, 0.5) is 0 Å². The molecule has 0 aromatic rings. The Balaban J connectivity index is 1.71. The first-order valence-corrected chi connectivity index (χ1v) is 10.8. The normalized spacial score (nSPS) is 30.5. The molecule has 3 rings (SSSR count). The van der Waals surface area contributed by atoms with Crippen LogP contribution >= 0.6 is 0 Å². The van der Waals surface area contributed by atoms with Gasteiger partial charge in [-0.05, 0) is 79.9 Å². The molecule has 2 aliphatic carbocycles. The molecule has 3 nitrogen and oxygen atoms in total. The van der Waals surface area contributed by atoms with Crippen LogP contribution in [0.1, 0.15) is 72.6 Å². The van der Waals surface area contributed by atoms with Gasteiger partial charge < -0.3 is 9.84 Å². The smallest absolute Gasteiger partial charge is 0.338 e. The Labute approximate surface area is 170 Å². The minimum atomic E-state index is -0.267. The molecule has 0 spiro atoms. The highest BCUT2D eigenvalue weighted by Gasteiger charge is 2.49. The Hall–Kier alpha value is -1.61. The molecule has 1 aliphatic heterocycles. The number of esters is 1. The van der Waals surface area contributed by atoms with E-state index in [2.05, 4.69) is 27.7 Å². The monoisotopic (exact) mass is 384 g/mol. The number of hydrogen-bond acceptors (Lipinski definition) is 3. The van der Waals surface area contributed by atoms with Crippen LogP contribution in [-0.4, -0.2) is 24.3 Å². The van der Waals surface area contributed by atoms with Crippen LogP contribution in [-0.2, 0) is 9.53 Å². The zero-order chi connectivity index (χ0) is 20.4. The highest BCUT2D eigenvalue weighted by atomic mass is 16.5. The molecule has 1 heterocycles. The highest BCUT2D eigenvalue weighted by Crippen LogP contribution is 2.60. The molecule has 0 aromatic heterocycles. The summed E-state index contributed by atoms with van der Waals surface area (Å²) in [5.41, 5.74) is 5.55. The van der Waals surface area contributed by atoms with Crippen LogP contribution in [0.5, 0.6) is 0 Å². The van der Waals surface area contributed by atoms with Gasteiger partial charge in [0.25, 0.3) is 0 Å². The number of aliphatic hydroxyl groups is 1. The summed E-state index contributed by atoms with van der Waals surface area (Å²) >= 11 is 0. The quantitative estimate of drug-likeness (QED) is 0.365. The first-order valence-electron chi connectivity index (χ1n) is 10.8. The predicted molar refractivity (Wildman–Crippen MR) is 114 cm³/mol. The van der Waals surface area contributed by atoms with E-state index in [1.807, 2.05) is 12.2 Å². The van der Waals surface area contributed by atoms with Gasteiger partial charge in [-0.1, -0.05) is 50.5 Å². The maximum atomic E-state index is 11.5. The number of aliphatic hydroxyl groups excluding tert-OH is 1. The SMILES string of the molecule is CC1=C(CCC(=CC=CC2=CCOC2=O)CO)C2(C)CCCC(C)(C)C2CC1. The van der Waals surface area contributed by atoms with E-state index in [-0.39, 0.29) is 12.6 Å². The van der Waals surface area contributed by atoms with Crippen LogP contribution < -0.4 is 0 Å². The van der Waals surface area contributed by atoms with Gasteiger partial charge in [-0.15, -0.1) is 0 Å². The number of hydrogen-bond donors (Lipinski definition) is 1. The Morgan fingerprint density at radius 1 is 1.32 bits per heavy atom. The van der Waals surface area contributed by atoms with Crippen molar-refractivity contribution >= 4 is 5.97 Å². The number of rotatable bonds is 6. The van der Waals surface area contributed by atoms with E-state index in [4.69, 9.17) is 4.74 Å². The fraction of sp³-hybridized carbons (Fsp3) is 0.640. The maximum absolute atomic E-state index is 11.5. The number of carbonyl (C=O) groups excluding carboxylic acids is 1. The molecule has 1 N–H and O–H groups in total. The van der Waals surface area contributed by atoms with Gasteiger partial charge in [-0.2, -0.15) is 0 Å². The van der Waals surface area contributed by atoms with Crippen molar-refractivity contribution in [2.45, 2.75) is 72.6 Å². The van der Waals surface area contributed by atoms with Gasteiger partial charge in [0.15, 0.2) is 0 Å². The number of cyclic esters (lactones) is 1. The fourth-order valence-corrected chi connectivity index (χ4v) is 5.99. The largest absolute Gasteiger partial charge is 0.458 e. The summed E-state index contributed by atoms with van der Waals surface area (Å²) in [4.78, 5) is 11.5. The van der Waals surface area contributed by atoms with Crippen molar-refractivity contribution in [2.24, 2.45) is 16.7 Å². The van der Waals surface area contributed by atoms with Crippen molar-refractivity contribution in [3.05, 3.63) is 46.6 Å². The fourth-order valence-electron chi connectivity index (χ4n) is 5.99. The van der Waals surface area contributed by atoms with Gasteiger partial charge in [0.1, 0.15) is 6.61 Å². The second-order valence-electron chi connectivity index (χ2n) is 9.71. The third-order valence-corrected chi connectivity index (χ3v) is 7.50. The number of carbonyl (C=O) groups is 1. The highest BCUT2D eigenvalue weighted by molar-refractivity contribution is 5.93. The van der Waals surface area contributed by atoms with Crippen LogP contribution in [0.2, 0.25) is 0 Å². The van der Waals surface area contributed by atoms with Crippen molar-refractivity contribution in [3.8, 4) is 0 Å². The molecule has 1 fully saturated rings. The standard InChI is InChI=1S/C25H36O3/c1-18-9-12-22-24(2,3)14-6-15-25(22,4)21(18)11-10-19(17-26)7-5-8-20-13-16-28-23(20)27/h5,7-8,13,22,26H,6,9-12,14-17H2,1-4H3. The second kappa shape index (κ2) is 8.41. The van der Waals surface area contributed by atoms with Gasteiger partial charge in [0.05, 0.1) is 12.2 Å². The molecule has 0 radical (unpaired) electrons. The minimum Gasteiger partial charge on any atom is -0.458 e. The van der Waals surface area contributed by atoms with Crippen LogP contribution in [0, 0.1) is 16.7 Å². The van der Waals surface area contributed by atoms with Gasteiger partial charge >= 0.3 is 5.97 Å². The topological polar surface area (TPSA) is 46.5 Å². The molecule has 1 saturated carbocycles. The molecule has 0 aromatic carbocycles. The molecule has 3 heteroatoms. The second-order valence-corrected chi connectivity index (χ2v) is 9.71. The molecule has 0 bridgehead atoms. The van der Waals surface area contributed by atoms with Crippen LogP contribution in [0.3, 0.4) is 0 Å². The van der Waals surface area contributed by atoms with Crippen molar-refractivity contribution in [2.75, 3.05) is 13.2 Å². The zero-order valence-electron chi connectivity index (χ0n) is 18.0. The van der Waals surface area contributed by atoms with Gasteiger partial charge in [0, 0.05) is 0 Å². The molecule has 0 saturated heterocycles. The summed E-state index contributed by atoms with van der Waals surface area (Å²) < 4.78 is 4.91. The minimum absolute atomic E-state index is 0.0613. The molecule has 2 atom stereocenters. The van der Waals surface area contributed by atoms with E-state index in [1.165, 1.54) is 32.1 Å². The lowest BCUT2D eigenvalue weighted by molar-refractivity contribution is -0.135. The Morgan fingerprint density at radius 3 is 2.79 bits per heavy atom. The lowest BCUT2D eigenvalue weighted by atomic mass is 9.50. The lowest BCUT2D eigenvalue weighted by Crippen LogP contribution is -2.45. The van der Waals surface area contributed by atoms with Crippen molar-refractivity contribution in [3.63, 3.8) is 0 Å². The molecular formula is C25H36O3. The summed E-state index contributed by atoms with van der Waals surface area (Å²) in [6, 6.07) is 0. The van der Waals surface area contributed by atoms with Crippen LogP contribution in [0.15, 0.2) is 46.6 Å². The van der Waals surface area contributed by atoms with Crippen molar-refractivity contribution in [1.29, 1.82) is 0 Å². The average Bonchev–Trinajstić information content (AvgIpc) is 3.03. The molecule has 28 heavy (non-hydrogen) atoms. The number of allylic oxidation sites excluding steroid dienone is 4. The maximum Gasteiger partial charge on any atom is 0.338 e. The average molecular weight is 385 g/mol. The van der Waals surface area contributed by atoms with E-state index in [0.29, 0.717) is 23.0 Å². The Kier molecular flexibility index (Phi) is 6.34. The zero-order valence-corrected chi connectivity index (χ0v) is 18.0. The van der Waals surface area contributed by atoms with Gasteiger partial charge in [0.2, 0.25) is 0 Å². The summed E-state index contributed by atoms with van der Waals surface area (Å²) in [5.74, 6) is 0.492. The van der Waals surface area contributed by atoms with Crippen molar-refractivity contribution < 1.29 is 14.6 Å². The Morgan fingerprint density at radius 2 is 2.11 bits per heavy atom. The van der Waals surface area contributed by atoms with E-state index < -0.39 is 0 Å². The first kappa shape index (κ1) is 21.1. The number of ether oxygens (including phenoxy) is 1. The summed E-state index contributed by atoms with van der Waals surface area (Å²) in [7, 11) is 0. The summed E-state index contributed by atoms with van der Waals surface area (Å²) in [6.45, 7) is 10.2.